The molecule has 1 aliphatic rings. The average Bonchev–Trinajstić information content (AvgIpc) is 2.92. The predicted molar refractivity (Wildman–Crippen MR) is 79.1 cm³/mol. The van der Waals surface area contributed by atoms with Crippen molar-refractivity contribution in [1.82, 2.24) is 0 Å². The molecule has 19 heavy (non-hydrogen) atoms. The van der Waals surface area contributed by atoms with Gasteiger partial charge < -0.3 is 5.32 Å². The zero-order chi connectivity index (χ0) is 13.5. The topological polar surface area (TPSA) is 52.9 Å². The van der Waals surface area contributed by atoms with Crippen molar-refractivity contribution in [1.29, 1.82) is 5.26 Å². The summed E-state index contributed by atoms with van der Waals surface area (Å²) < 4.78 is 0. The van der Waals surface area contributed by atoms with Gasteiger partial charge in [-0.15, -0.1) is 0 Å². The molecule has 0 heterocycles. The maximum atomic E-state index is 11.8. The monoisotopic (exact) mass is 274 g/mol. The lowest BCUT2D eigenvalue weighted by Crippen LogP contribution is -2.13. The number of thioether (sulfide) groups is 1. The number of hydrogen-bond donors (Lipinski definition) is 1. The molecular formula is C15H18N2OS. The lowest BCUT2D eigenvalue weighted by atomic mass is 10.2. The van der Waals surface area contributed by atoms with Gasteiger partial charge in [-0.1, -0.05) is 18.9 Å². The molecule has 0 aromatic heterocycles. The first-order chi connectivity index (χ1) is 9.28. The van der Waals surface area contributed by atoms with E-state index in [0.29, 0.717) is 17.7 Å². The van der Waals surface area contributed by atoms with E-state index in [-0.39, 0.29) is 5.91 Å². The molecule has 0 spiro atoms. The number of anilines is 1. The molecule has 0 radical (unpaired) electrons. The Bertz CT molecular complexity index is 475. The molecule has 0 atom stereocenters. The number of nitrogens with zero attached hydrogens (tertiary/aromatic N) is 1. The average molecular weight is 274 g/mol. The fourth-order valence-electron chi connectivity index (χ4n) is 2.26. The molecule has 1 amide bonds. The van der Waals surface area contributed by atoms with E-state index in [2.05, 4.69) is 11.4 Å². The van der Waals surface area contributed by atoms with Gasteiger partial charge in [0.25, 0.3) is 0 Å². The van der Waals surface area contributed by atoms with Gasteiger partial charge in [-0.05, 0) is 31.0 Å². The molecule has 2 rings (SSSR count). The lowest BCUT2D eigenvalue weighted by Gasteiger charge is -2.09. The Hall–Kier alpha value is -1.47. The normalized spacial score (nSPS) is 15.1. The third kappa shape index (κ3) is 4.60. The Morgan fingerprint density at radius 1 is 1.42 bits per heavy atom. The molecule has 1 saturated carbocycles. The first-order valence-corrected chi connectivity index (χ1v) is 7.74. The second kappa shape index (κ2) is 7.20. The standard InChI is InChI=1S/C15H18N2OS/c16-11-12-4-3-5-13(10-12)17-15(18)8-9-19-14-6-1-2-7-14/h3-5,10,14H,1-2,6-9H2,(H,17,18). The molecule has 0 saturated heterocycles. The van der Waals surface area contributed by atoms with Crippen LogP contribution >= 0.6 is 11.8 Å². The van der Waals surface area contributed by atoms with Crippen molar-refractivity contribution in [3.05, 3.63) is 29.8 Å². The first kappa shape index (κ1) is 14.0. The van der Waals surface area contributed by atoms with Gasteiger partial charge >= 0.3 is 0 Å². The molecule has 3 nitrogen and oxygen atoms in total. The molecule has 1 aromatic rings. The zero-order valence-electron chi connectivity index (χ0n) is 10.9. The quantitative estimate of drug-likeness (QED) is 0.893. The van der Waals surface area contributed by atoms with Crippen LogP contribution in [0.3, 0.4) is 0 Å². The number of nitrogens with one attached hydrogen (secondary N) is 1. The molecule has 100 valence electrons. The van der Waals surface area contributed by atoms with Crippen LogP contribution in [0.4, 0.5) is 5.69 Å². The van der Waals surface area contributed by atoms with E-state index in [9.17, 15) is 4.79 Å². The van der Waals surface area contributed by atoms with Crippen LogP contribution in [0, 0.1) is 11.3 Å². The zero-order valence-corrected chi connectivity index (χ0v) is 11.7. The second-order valence-electron chi connectivity index (χ2n) is 4.77. The van der Waals surface area contributed by atoms with Gasteiger partial charge in [0.15, 0.2) is 0 Å². The van der Waals surface area contributed by atoms with Crippen molar-refractivity contribution in [2.24, 2.45) is 0 Å². The van der Waals surface area contributed by atoms with E-state index in [0.717, 1.165) is 11.0 Å². The van der Waals surface area contributed by atoms with Crippen LogP contribution < -0.4 is 5.32 Å². The summed E-state index contributed by atoms with van der Waals surface area (Å²) >= 11 is 1.92. The second-order valence-corrected chi connectivity index (χ2v) is 6.18. The molecule has 0 unspecified atom stereocenters. The number of nitriles is 1. The number of hydrogen-bond acceptors (Lipinski definition) is 3. The number of benzene rings is 1. The van der Waals surface area contributed by atoms with Gasteiger partial charge in [-0.25, -0.2) is 0 Å². The van der Waals surface area contributed by atoms with E-state index < -0.39 is 0 Å². The molecule has 0 bridgehead atoms. The number of rotatable bonds is 5. The molecule has 1 aromatic carbocycles. The predicted octanol–water partition coefficient (Wildman–Crippen LogP) is 3.56. The molecular weight excluding hydrogens is 256 g/mol. The summed E-state index contributed by atoms with van der Waals surface area (Å²) in [4.78, 5) is 11.8. The highest BCUT2D eigenvalue weighted by Gasteiger charge is 2.15. The summed E-state index contributed by atoms with van der Waals surface area (Å²) in [5, 5.41) is 12.4. The highest BCUT2D eigenvalue weighted by molar-refractivity contribution is 7.99. The van der Waals surface area contributed by atoms with Crippen LogP contribution in [-0.2, 0) is 4.79 Å². The Morgan fingerprint density at radius 3 is 2.95 bits per heavy atom. The molecule has 1 N–H and O–H groups in total. The van der Waals surface area contributed by atoms with Crippen LogP contribution in [0.5, 0.6) is 0 Å². The van der Waals surface area contributed by atoms with Gasteiger partial charge in [0.2, 0.25) is 5.91 Å². The fourth-order valence-corrected chi connectivity index (χ4v) is 3.57. The maximum absolute atomic E-state index is 11.8. The van der Waals surface area contributed by atoms with Crippen LogP contribution in [-0.4, -0.2) is 16.9 Å². The van der Waals surface area contributed by atoms with Crippen LogP contribution in [0.1, 0.15) is 37.7 Å². The third-order valence-corrected chi connectivity index (χ3v) is 4.64. The fraction of sp³-hybridized carbons (Fsp3) is 0.467. The van der Waals surface area contributed by atoms with E-state index in [1.807, 2.05) is 17.8 Å². The van der Waals surface area contributed by atoms with Gasteiger partial charge in [-0.2, -0.15) is 17.0 Å². The Labute approximate surface area is 118 Å². The minimum atomic E-state index is 0.0283. The Morgan fingerprint density at radius 2 is 2.21 bits per heavy atom. The van der Waals surface area contributed by atoms with Crippen molar-refractivity contribution in [3.8, 4) is 6.07 Å². The summed E-state index contributed by atoms with van der Waals surface area (Å²) in [6.07, 6.45) is 5.82. The van der Waals surface area contributed by atoms with Crippen molar-refractivity contribution >= 4 is 23.4 Å². The van der Waals surface area contributed by atoms with Crippen molar-refractivity contribution in [2.75, 3.05) is 11.1 Å². The lowest BCUT2D eigenvalue weighted by molar-refractivity contribution is -0.115. The van der Waals surface area contributed by atoms with E-state index in [4.69, 9.17) is 5.26 Å². The third-order valence-electron chi connectivity index (χ3n) is 3.26. The SMILES string of the molecule is N#Cc1cccc(NC(=O)CCSC2CCCC2)c1. The summed E-state index contributed by atoms with van der Waals surface area (Å²) in [5.41, 5.74) is 1.27. The first-order valence-electron chi connectivity index (χ1n) is 6.69. The molecule has 1 fully saturated rings. The smallest absolute Gasteiger partial charge is 0.225 e. The number of amides is 1. The summed E-state index contributed by atoms with van der Waals surface area (Å²) in [6.45, 7) is 0. The van der Waals surface area contributed by atoms with Crippen LogP contribution in [0.25, 0.3) is 0 Å². The summed E-state index contributed by atoms with van der Waals surface area (Å²) in [5.74, 6) is 0.912. The van der Waals surface area contributed by atoms with Crippen LogP contribution in [0.2, 0.25) is 0 Å². The summed E-state index contributed by atoms with van der Waals surface area (Å²) in [6, 6.07) is 9.08. The van der Waals surface area contributed by atoms with E-state index >= 15 is 0 Å². The van der Waals surface area contributed by atoms with E-state index in [1.165, 1.54) is 25.7 Å². The highest BCUT2D eigenvalue weighted by atomic mass is 32.2. The van der Waals surface area contributed by atoms with Crippen LogP contribution in [0.15, 0.2) is 24.3 Å². The van der Waals surface area contributed by atoms with Gasteiger partial charge in [0, 0.05) is 23.1 Å². The van der Waals surface area contributed by atoms with Crippen molar-refractivity contribution < 1.29 is 4.79 Å². The highest BCUT2D eigenvalue weighted by Crippen LogP contribution is 2.29. The minimum absolute atomic E-state index is 0.0283. The van der Waals surface area contributed by atoms with Gasteiger partial charge in [-0.3, -0.25) is 4.79 Å². The maximum Gasteiger partial charge on any atom is 0.225 e. The summed E-state index contributed by atoms with van der Waals surface area (Å²) in [7, 11) is 0. The van der Waals surface area contributed by atoms with Gasteiger partial charge in [0.05, 0.1) is 11.6 Å². The van der Waals surface area contributed by atoms with Crippen molar-refractivity contribution in [3.63, 3.8) is 0 Å². The number of carbonyl (C=O) groups excluding carboxylic acids is 1. The Balaban J connectivity index is 1.72. The Kier molecular flexibility index (Phi) is 5.29. The number of carbonyl (C=O) groups is 1. The molecule has 0 aliphatic heterocycles. The van der Waals surface area contributed by atoms with E-state index in [1.54, 1.807) is 18.2 Å². The minimum Gasteiger partial charge on any atom is -0.326 e. The largest absolute Gasteiger partial charge is 0.326 e. The van der Waals surface area contributed by atoms with Crippen molar-refractivity contribution in [2.45, 2.75) is 37.4 Å². The van der Waals surface area contributed by atoms with Gasteiger partial charge in [0.1, 0.15) is 0 Å². The molecule has 4 heteroatoms. The molecule has 1 aliphatic carbocycles.